The van der Waals surface area contributed by atoms with Crippen LogP contribution in [0.4, 0.5) is 4.39 Å². The summed E-state index contributed by atoms with van der Waals surface area (Å²) in [5, 5.41) is 3.34. The molecule has 0 aromatic carbocycles. The summed E-state index contributed by atoms with van der Waals surface area (Å²) in [5.41, 5.74) is -0.146. The van der Waals surface area contributed by atoms with Crippen LogP contribution in [0.25, 0.3) is 0 Å². The molecule has 2 fully saturated rings. The van der Waals surface area contributed by atoms with Crippen LogP contribution in [0, 0.1) is 0 Å². The van der Waals surface area contributed by atoms with E-state index in [0.29, 0.717) is 6.42 Å². The van der Waals surface area contributed by atoms with Crippen LogP contribution in [-0.4, -0.2) is 43.3 Å². The lowest BCUT2D eigenvalue weighted by atomic mass is 9.85. The van der Waals surface area contributed by atoms with E-state index in [2.05, 4.69) is 17.3 Å². The Morgan fingerprint density at radius 2 is 2.08 bits per heavy atom. The number of likely N-dealkylation sites (tertiary alicyclic amines) is 1. The Balaban J connectivity index is 2.02. The van der Waals surface area contributed by atoms with Gasteiger partial charge in [-0.15, -0.1) is 0 Å². The molecule has 0 aromatic rings. The van der Waals surface area contributed by atoms with Crippen molar-refractivity contribution in [3.63, 3.8) is 0 Å². The molecule has 0 aliphatic carbocycles. The van der Waals surface area contributed by atoms with Crippen LogP contribution in [0.5, 0.6) is 0 Å². The number of piperidine rings is 1. The van der Waals surface area contributed by atoms with Gasteiger partial charge in [-0.05, 0) is 45.9 Å². The number of nitrogens with zero attached hydrogens (tertiary/aromatic N) is 1. The van der Waals surface area contributed by atoms with Crippen molar-refractivity contribution in [1.82, 2.24) is 10.2 Å². The Kier molecular flexibility index (Phi) is 2.09. The first-order valence-electron chi connectivity index (χ1n) is 4.81. The number of hydrogen-bond acceptors (Lipinski definition) is 2. The molecule has 1 N–H and O–H groups in total. The van der Waals surface area contributed by atoms with Gasteiger partial charge in [0.25, 0.3) is 0 Å². The van der Waals surface area contributed by atoms with Crippen LogP contribution in [0.3, 0.4) is 0 Å². The number of hydrogen-bond donors (Lipinski definition) is 1. The van der Waals surface area contributed by atoms with Gasteiger partial charge in [-0.1, -0.05) is 0 Å². The van der Waals surface area contributed by atoms with Gasteiger partial charge in [0.05, 0.1) is 5.54 Å². The first-order chi connectivity index (χ1) is 5.73. The summed E-state index contributed by atoms with van der Waals surface area (Å²) < 4.78 is 13.5. The number of alkyl halides is 1. The molecule has 12 heavy (non-hydrogen) atoms. The molecule has 2 heterocycles. The minimum absolute atomic E-state index is 0.146. The van der Waals surface area contributed by atoms with Crippen LogP contribution in [-0.2, 0) is 0 Å². The molecule has 0 radical (unpaired) electrons. The molecule has 0 aromatic heterocycles. The van der Waals surface area contributed by atoms with Gasteiger partial charge in [-0.2, -0.15) is 0 Å². The van der Waals surface area contributed by atoms with Crippen molar-refractivity contribution in [3.05, 3.63) is 0 Å². The van der Waals surface area contributed by atoms with Gasteiger partial charge in [0.2, 0.25) is 0 Å². The minimum Gasteiger partial charge on any atom is -0.308 e. The fourth-order valence-electron chi connectivity index (χ4n) is 2.34. The Morgan fingerprint density at radius 1 is 1.42 bits per heavy atom. The van der Waals surface area contributed by atoms with Crippen molar-refractivity contribution in [1.29, 1.82) is 0 Å². The lowest BCUT2D eigenvalue weighted by Gasteiger charge is -2.39. The third-order valence-electron chi connectivity index (χ3n) is 3.35. The number of nitrogens with one attached hydrogen (secondary N) is 1. The average Bonchev–Trinajstić information content (AvgIpc) is 2.41. The molecule has 0 amide bonds. The minimum atomic E-state index is -0.605. The van der Waals surface area contributed by atoms with Crippen molar-refractivity contribution in [2.45, 2.75) is 31.0 Å². The van der Waals surface area contributed by atoms with E-state index in [9.17, 15) is 4.39 Å². The van der Waals surface area contributed by atoms with Crippen molar-refractivity contribution < 1.29 is 4.39 Å². The van der Waals surface area contributed by atoms with Gasteiger partial charge in [0.1, 0.15) is 6.17 Å². The Hall–Kier alpha value is -0.150. The Labute approximate surface area is 73.1 Å². The van der Waals surface area contributed by atoms with Crippen molar-refractivity contribution in [2.75, 3.05) is 26.7 Å². The predicted octanol–water partition coefficient (Wildman–Crippen LogP) is 0.782. The average molecular weight is 172 g/mol. The molecule has 0 bridgehead atoms. The first kappa shape index (κ1) is 8.45. The molecule has 2 rings (SSSR count). The molecule has 2 saturated heterocycles. The van der Waals surface area contributed by atoms with Gasteiger partial charge < -0.3 is 10.2 Å². The van der Waals surface area contributed by atoms with Gasteiger partial charge in [0.15, 0.2) is 0 Å². The van der Waals surface area contributed by atoms with Crippen molar-refractivity contribution >= 4 is 0 Å². The maximum atomic E-state index is 13.5. The molecule has 1 spiro atoms. The molecule has 70 valence electrons. The predicted molar refractivity (Wildman–Crippen MR) is 47.0 cm³/mol. The van der Waals surface area contributed by atoms with Crippen LogP contribution in [0.15, 0.2) is 0 Å². The number of rotatable bonds is 0. The third-order valence-corrected chi connectivity index (χ3v) is 3.35. The zero-order valence-electron chi connectivity index (χ0n) is 7.65. The quantitative estimate of drug-likeness (QED) is 0.581. The van der Waals surface area contributed by atoms with E-state index in [1.165, 1.54) is 0 Å². The van der Waals surface area contributed by atoms with Gasteiger partial charge in [0, 0.05) is 0 Å². The lowest BCUT2D eigenvalue weighted by Crippen LogP contribution is -2.53. The van der Waals surface area contributed by atoms with E-state index in [0.717, 1.165) is 32.5 Å². The van der Waals surface area contributed by atoms with E-state index in [4.69, 9.17) is 0 Å². The highest BCUT2D eigenvalue weighted by Gasteiger charge is 2.44. The second-order valence-electron chi connectivity index (χ2n) is 4.14. The summed E-state index contributed by atoms with van der Waals surface area (Å²) in [6.45, 7) is 2.94. The van der Waals surface area contributed by atoms with Crippen molar-refractivity contribution in [2.24, 2.45) is 0 Å². The van der Waals surface area contributed by atoms with Crippen LogP contribution >= 0.6 is 0 Å². The van der Waals surface area contributed by atoms with Crippen LogP contribution in [0.1, 0.15) is 19.3 Å². The maximum Gasteiger partial charge on any atom is 0.119 e. The zero-order chi connectivity index (χ0) is 8.60. The SMILES string of the molecule is CN1CCC2(CC1)NCCC2F. The zero-order valence-corrected chi connectivity index (χ0v) is 7.65. The van der Waals surface area contributed by atoms with Gasteiger partial charge in [-0.25, -0.2) is 4.39 Å². The smallest absolute Gasteiger partial charge is 0.119 e. The van der Waals surface area contributed by atoms with E-state index in [1.54, 1.807) is 0 Å². The molecular formula is C9H17FN2. The molecule has 2 aliphatic rings. The second kappa shape index (κ2) is 2.96. The topological polar surface area (TPSA) is 15.3 Å². The summed E-state index contributed by atoms with van der Waals surface area (Å²) in [5.74, 6) is 0. The number of halogens is 1. The Bertz CT molecular complexity index is 164. The Morgan fingerprint density at radius 3 is 2.58 bits per heavy atom. The fraction of sp³-hybridized carbons (Fsp3) is 1.00. The van der Waals surface area contributed by atoms with Gasteiger partial charge >= 0.3 is 0 Å². The highest BCUT2D eigenvalue weighted by Crippen LogP contribution is 2.32. The molecule has 1 atom stereocenters. The third kappa shape index (κ3) is 1.25. The summed E-state index contributed by atoms with van der Waals surface area (Å²) in [7, 11) is 2.11. The molecular weight excluding hydrogens is 155 g/mol. The van der Waals surface area contributed by atoms with E-state index in [-0.39, 0.29) is 5.54 Å². The summed E-state index contributed by atoms with van der Waals surface area (Å²) in [4.78, 5) is 2.28. The highest BCUT2D eigenvalue weighted by atomic mass is 19.1. The summed E-state index contributed by atoms with van der Waals surface area (Å²) >= 11 is 0. The fourth-order valence-corrected chi connectivity index (χ4v) is 2.34. The largest absolute Gasteiger partial charge is 0.308 e. The normalized spacial score (nSPS) is 36.0. The first-order valence-corrected chi connectivity index (χ1v) is 4.81. The second-order valence-corrected chi connectivity index (χ2v) is 4.14. The highest BCUT2D eigenvalue weighted by molar-refractivity contribution is 5.02. The van der Waals surface area contributed by atoms with E-state index < -0.39 is 6.17 Å². The molecule has 0 saturated carbocycles. The summed E-state index contributed by atoms with van der Waals surface area (Å²) in [6.07, 6.45) is 2.06. The van der Waals surface area contributed by atoms with Crippen LogP contribution < -0.4 is 5.32 Å². The van der Waals surface area contributed by atoms with Crippen LogP contribution in [0.2, 0.25) is 0 Å². The van der Waals surface area contributed by atoms with E-state index >= 15 is 0 Å². The van der Waals surface area contributed by atoms with Gasteiger partial charge in [-0.3, -0.25) is 0 Å². The summed E-state index contributed by atoms with van der Waals surface area (Å²) in [6, 6.07) is 0. The lowest BCUT2D eigenvalue weighted by molar-refractivity contribution is 0.109. The van der Waals surface area contributed by atoms with E-state index in [1.807, 2.05) is 0 Å². The molecule has 2 aliphatic heterocycles. The molecule has 1 unspecified atom stereocenters. The maximum absolute atomic E-state index is 13.5. The molecule has 3 heteroatoms. The standard InChI is InChI=1S/C9H17FN2/c1-12-6-3-9(4-7-12)8(10)2-5-11-9/h8,11H,2-7H2,1H3. The monoisotopic (exact) mass is 172 g/mol. The van der Waals surface area contributed by atoms with Crippen molar-refractivity contribution in [3.8, 4) is 0 Å². The molecule has 2 nitrogen and oxygen atoms in total.